The van der Waals surface area contributed by atoms with E-state index in [4.69, 9.17) is 0 Å². The van der Waals surface area contributed by atoms with Gasteiger partial charge in [-0.15, -0.1) is 0 Å². The molecule has 2 nitrogen and oxygen atoms in total. The number of nitrogens with zero attached hydrogens (tertiary/aromatic N) is 1. The molecule has 2 aromatic rings. The van der Waals surface area contributed by atoms with Gasteiger partial charge in [0.1, 0.15) is 5.78 Å². The maximum atomic E-state index is 11.3. The van der Waals surface area contributed by atoms with Gasteiger partial charge in [-0.3, -0.25) is 9.78 Å². The van der Waals surface area contributed by atoms with Gasteiger partial charge in [0.2, 0.25) is 0 Å². The summed E-state index contributed by atoms with van der Waals surface area (Å²) in [5.74, 6) is 0.138. The molecule has 0 aliphatic rings. The van der Waals surface area contributed by atoms with Gasteiger partial charge in [0, 0.05) is 16.1 Å². The first-order valence-corrected chi connectivity index (χ1v) is 6.96. The molecule has 88 valence electrons. The molecule has 0 aliphatic carbocycles. The number of carbonyl (C=O) groups excluding carboxylic acids is 1. The lowest BCUT2D eigenvalue weighted by atomic mass is 10.0. The number of benzene rings is 1. The zero-order valence-corrected chi connectivity index (χ0v) is 12.5. The third-order valence-corrected chi connectivity index (χ3v) is 4.00. The average Bonchev–Trinajstić information content (AvgIpc) is 2.28. The van der Waals surface area contributed by atoms with Crippen LogP contribution in [-0.2, 0) is 11.2 Å². The summed E-state index contributed by atoms with van der Waals surface area (Å²) in [7, 11) is 0. The van der Waals surface area contributed by atoms with E-state index >= 15 is 0 Å². The molecule has 1 heterocycles. The lowest BCUT2D eigenvalue weighted by Crippen LogP contribution is -2.13. The van der Waals surface area contributed by atoms with E-state index in [2.05, 4.69) is 36.8 Å². The highest BCUT2D eigenvalue weighted by Gasteiger charge is 2.12. The Bertz CT molecular complexity index is 568. The Labute approximate surface area is 117 Å². The van der Waals surface area contributed by atoms with Crippen molar-refractivity contribution in [3.05, 3.63) is 40.5 Å². The number of aromatic nitrogens is 1. The summed E-state index contributed by atoms with van der Waals surface area (Å²) < 4.78 is 0.962. The molecule has 0 fully saturated rings. The number of Topliss-reactive ketones (excluding diaryl/α,β-unsaturated/α-hetero) is 1. The molecular weight excluding hydrogens is 346 g/mol. The van der Waals surface area contributed by atoms with Crippen molar-refractivity contribution in [2.75, 3.05) is 0 Å². The van der Waals surface area contributed by atoms with Crippen LogP contribution < -0.4 is 0 Å². The van der Waals surface area contributed by atoms with Crippen LogP contribution in [0.2, 0.25) is 0 Å². The third kappa shape index (κ3) is 2.93. The number of halogens is 2. The van der Waals surface area contributed by atoms with E-state index in [9.17, 15) is 4.79 Å². The molecule has 0 amide bonds. The predicted molar refractivity (Wildman–Crippen MR) is 76.5 cm³/mol. The standard InChI is InChI=1S/C13H11Br2NO/c1-8(17)12(15)6-10-4-2-3-9-5-11(14)7-16-13(9)10/h2-5,7,12H,6H2,1H3. The van der Waals surface area contributed by atoms with Crippen LogP contribution in [-0.4, -0.2) is 15.6 Å². The van der Waals surface area contributed by atoms with Crippen LogP contribution in [0.4, 0.5) is 0 Å². The first-order chi connectivity index (χ1) is 8.08. The molecule has 0 saturated carbocycles. The fourth-order valence-corrected chi connectivity index (χ4v) is 2.40. The maximum Gasteiger partial charge on any atom is 0.143 e. The van der Waals surface area contributed by atoms with Crippen LogP contribution in [0, 0.1) is 0 Å². The van der Waals surface area contributed by atoms with Crippen LogP contribution in [0.5, 0.6) is 0 Å². The van der Waals surface area contributed by atoms with Gasteiger partial charge in [-0.2, -0.15) is 0 Å². The van der Waals surface area contributed by atoms with Gasteiger partial charge in [-0.1, -0.05) is 34.1 Å². The van der Waals surface area contributed by atoms with Crippen LogP contribution >= 0.6 is 31.9 Å². The van der Waals surface area contributed by atoms with E-state index in [0.717, 1.165) is 20.9 Å². The topological polar surface area (TPSA) is 30.0 Å². The Balaban J connectivity index is 2.44. The highest BCUT2D eigenvalue weighted by atomic mass is 79.9. The minimum atomic E-state index is -0.140. The highest BCUT2D eigenvalue weighted by Crippen LogP contribution is 2.22. The summed E-state index contributed by atoms with van der Waals surface area (Å²) in [6.45, 7) is 1.59. The summed E-state index contributed by atoms with van der Waals surface area (Å²) in [5.41, 5.74) is 2.05. The highest BCUT2D eigenvalue weighted by molar-refractivity contribution is 9.10. The van der Waals surface area contributed by atoms with Crippen LogP contribution in [0.25, 0.3) is 10.9 Å². The van der Waals surface area contributed by atoms with E-state index in [0.29, 0.717) is 6.42 Å². The van der Waals surface area contributed by atoms with Crippen molar-refractivity contribution in [2.24, 2.45) is 0 Å². The normalized spacial score (nSPS) is 12.6. The molecule has 1 aromatic carbocycles. The Morgan fingerprint density at radius 1 is 1.47 bits per heavy atom. The number of rotatable bonds is 3. The molecule has 4 heteroatoms. The molecule has 2 rings (SSSR count). The smallest absolute Gasteiger partial charge is 0.143 e. The third-order valence-electron chi connectivity index (χ3n) is 2.60. The molecular formula is C13H11Br2NO. The van der Waals surface area contributed by atoms with Gasteiger partial charge in [0.05, 0.1) is 10.3 Å². The summed E-state index contributed by atoms with van der Waals surface area (Å²) in [4.78, 5) is 15.5. The predicted octanol–water partition coefficient (Wildman–Crippen LogP) is 3.89. The van der Waals surface area contributed by atoms with Gasteiger partial charge in [-0.05, 0) is 40.9 Å². The number of carbonyl (C=O) groups is 1. The number of hydrogen-bond acceptors (Lipinski definition) is 2. The van der Waals surface area contributed by atoms with Gasteiger partial charge in [-0.25, -0.2) is 0 Å². The summed E-state index contributed by atoms with van der Waals surface area (Å²) in [5, 5.41) is 1.08. The second-order valence-corrected chi connectivity index (χ2v) is 5.95. The molecule has 1 unspecified atom stereocenters. The van der Waals surface area contributed by atoms with Crippen molar-refractivity contribution in [3.8, 4) is 0 Å². The zero-order chi connectivity index (χ0) is 12.4. The minimum absolute atomic E-state index is 0.138. The number of para-hydroxylation sites is 1. The van der Waals surface area contributed by atoms with E-state index in [1.54, 1.807) is 13.1 Å². The first kappa shape index (κ1) is 12.7. The number of pyridine rings is 1. The van der Waals surface area contributed by atoms with E-state index in [-0.39, 0.29) is 10.6 Å². The largest absolute Gasteiger partial charge is 0.299 e. The van der Waals surface area contributed by atoms with Gasteiger partial charge >= 0.3 is 0 Å². The van der Waals surface area contributed by atoms with E-state index < -0.39 is 0 Å². The molecule has 17 heavy (non-hydrogen) atoms. The SMILES string of the molecule is CC(=O)C(Br)Cc1cccc2cc(Br)cnc12. The van der Waals surface area contributed by atoms with Crippen LogP contribution in [0.15, 0.2) is 34.9 Å². The average molecular weight is 357 g/mol. The second-order valence-electron chi connectivity index (χ2n) is 3.92. The maximum absolute atomic E-state index is 11.3. The molecule has 0 N–H and O–H groups in total. The lowest BCUT2D eigenvalue weighted by Gasteiger charge is -2.08. The van der Waals surface area contributed by atoms with Crippen LogP contribution in [0.1, 0.15) is 12.5 Å². The number of fused-ring (bicyclic) bond motifs is 1. The quantitative estimate of drug-likeness (QED) is 0.781. The Kier molecular flexibility index (Phi) is 3.94. The van der Waals surface area contributed by atoms with Crippen molar-refractivity contribution in [1.29, 1.82) is 0 Å². The minimum Gasteiger partial charge on any atom is -0.299 e. The molecule has 0 aliphatic heterocycles. The van der Waals surface area contributed by atoms with Crippen molar-refractivity contribution < 1.29 is 4.79 Å². The number of ketones is 1. The number of hydrogen-bond donors (Lipinski definition) is 0. The van der Waals surface area contributed by atoms with Gasteiger partial charge in [0.25, 0.3) is 0 Å². The molecule has 1 aromatic heterocycles. The van der Waals surface area contributed by atoms with Crippen molar-refractivity contribution in [2.45, 2.75) is 18.2 Å². The van der Waals surface area contributed by atoms with Crippen molar-refractivity contribution in [3.63, 3.8) is 0 Å². The van der Waals surface area contributed by atoms with E-state index in [1.807, 2.05) is 24.3 Å². The number of alkyl halides is 1. The van der Waals surface area contributed by atoms with Crippen LogP contribution in [0.3, 0.4) is 0 Å². The fourth-order valence-electron chi connectivity index (χ4n) is 1.70. The zero-order valence-electron chi connectivity index (χ0n) is 9.28. The van der Waals surface area contributed by atoms with Gasteiger partial charge < -0.3 is 0 Å². The molecule has 1 atom stereocenters. The molecule has 0 radical (unpaired) electrons. The first-order valence-electron chi connectivity index (χ1n) is 5.25. The Morgan fingerprint density at radius 2 is 2.24 bits per heavy atom. The Hall–Kier alpha value is -0.740. The van der Waals surface area contributed by atoms with Gasteiger partial charge in [0.15, 0.2) is 0 Å². The van der Waals surface area contributed by atoms with Crippen molar-refractivity contribution in [1.82, 2.24) is 4.98 Å². The van der Waals surface area contributed by atoms with E-state index in [1.165, 1.54) is 0 Å². The molecule has 0 saturated heterocycles. The Morgan fingerprint density at radius 3 is 2.94 bits per heavy atom. The monoisotopic (exact) mass is 355 g/mol. The summed E-state index contributed by atoms with van der Waals surface area (Å²) in [6.07, 6.45) is 2.45. The lowest BCUT2D eigenvalue weighted by molar-refractivity contribution is -0.116. The molecule has 0 bridgehead atoms. The fraction of sp³-hybridized carbons (Fsp3) is 0.231. The summed E-state index contributed by atoms with van der Waals surface area (Å²) in [6, 6.07) is 8.06. The molecule has 0 spiro atoms. The van der Waals surface area contributed by atoms with Crippen molar-refractivity contribution >= 4 is 48.5 Å². The summed E-state index contributed by atoms with van der Waals surface area (Å²) >= 11 is 6.80. The second kappa shape index (κ2) is 5.27.